The van der Waals surface area contributed by atoms with Gasteiger partial charge in [-0.25, -0.2) is 4.98 Å². The number of anilines is 2. The number of fused-ring (bicyclic) bond motifs is 1. The van der Waals surface area contributed by atoms with Crippen molar-refractivity contribution in [2.24, 2.45) is 5.92 Å². The minimum Gasteiger partial charge on any atom is -0.508 e. The molecule has 274 valence electrons. The second kappa shape index (κ2) is 15.3. The fourth-order valence-corrected chi connectivity index (χ4v) is 8.39. The van der Waals surface area contributed by atoms with Gasteiger partial charge in [0, 0.05) is 81.4 Å². The normalized spacial score (nSPS) is 22.5. The van der Waals surface area contributed by atoms with Crippen LogP contribution in [0, 0.1) is 5.92 Å². The van der Waals surface area contributed by atoms with E-state index in [1.807, 2.05) is 18.2 Å². The van der Waals surface area contributed by atoms with Gasteiger partial charge in [-0.15, -0.1) is 0 Å². The van der Waals surface area contributed by atoms with Gasteiger partial charge in [0.05, 0.1) is 18.5 Å². The lowest BCUT2D eigenvalue weighted by atomic mass is 9.76. The SMILES string of the molecule is O=C1CCC(NC(=O)c2ccc(N3CCN(CC4CCN(c5ccc([C@@H]6c7ccc(O)cc7OC[C@@H]6c6ccccc6)cc5)CC4)CC3)cn2)C(=O)N1. The van der Waals surface area contributed by atoms with Crippen molar-refractivity contribution in [3.05, 3.63) is 114 Å². The van der Waals surface area contributed by atoms with Crippen LogP contribution in [0.4, 0.5) is 11.4 Å². The first-order valence-electron chi connectivity index (χ1n) is 18.8. The number of pyridine rings is 1. The maximum Gasteiger partial charge on any atom is 0.270 e. The summed E-state index contributed by atoms with van der Waals surface area (Å²) in [4.78, 5) is 47.8. The van der Waals surface area contributed by atoms with Gasteiger partial charge in [0.2, 0.25) is 11.8 Å². The number of aromatic nitrogens is 1. The molecule has 4 aliphatic rings. The maximum absolute atomic E-state index is 12.7. The van der Waals surface area contributed by atoms with E-state index < -0.39 is 17.9 Å². The van der Waals surface area contributed by atoms with Crippen LogP contribution in [-0.4, -0.2) is 91.2 Å². The number of amides is 3. The summed E-state index contributed by atoms with van der Waals surface area (Å²) in [6, 6.07) is 28.1. The van der Waals surface area contributed by atoms with Crippen LogP contribution >= 0.6 is 0 Å². The Labute approximate surface area is 310 Å². The van der Waals surface area contributed by atoms with Gasteiger partial charge in [0.15, 0.2) is 0 Å². The third kappa shape index (κ3) is 7.71. The summed E-state index contributed by atoms with van der Waals surface area (Å²) < 4.78 is 6.16. The summed E-state index contributed by atoms with van der Waals surface area (Å²) in [6.07, 6.45) is 4.57. The number of hydrogen-bond acceptors (Lipinski definition) is 9. The predicted molar refractivity (Wildman–Crippen MR) is 203 cm³/mol. The predicted octanol–water partition coefficient (Wildman–Crippen LogP) is 4.67. The number of hydrogen-bond donors (Lipinski definition) is 3. The van der Waals surface area contributed by atoms with Gasteiger partial charge >= 0.3 is 0 Å². The molecule has 3 saturated heterocycles. The first kappa shape index (κ1) is 34.7. The minimum absolute atomic E-state index is 0.135. The number of rotatable bonds is 8. The van der Waals surface area contributed by atoms with Crippen molar-refractivity contribution < 1.29 is 24.2 Å². The minimum atomic E-state index is -0.720. The maximum atomic E-state index is 12.7. The molecule has 5 heterocycles. The number of benzene rings is 3. The molecule has 1 unspecified atom stereocenters. The lowest BCUT2D eigenvalue weighted by Crippen LogP contribution is -2.52. The highest BCUT2D eigenvalue weighted by molar-refractivity contribution is 6.03. The van der Waals surface area contributed by atoms with Crippen LogP contribution in [-0.2, 0) is 9.59 Å². The number of nitrogens with one attached hydrogen (secondary N) is 2. The largest absolute Gasteiger partial charge is 0.508 e. The fourth-order valence-electron chi connectivity index (χ4n) is 8.39. The molecule has 1 aromatic heterocycles. The molecule has 0 bridgehead atoms. The van der Waals surface area contributed by atoms with Crippen LogP contribution in [0.15, 0.2) is 91.1 Å². The molecule has 3 amide bonds. The second-order valence-electron chi connectivity index (χ2n) is 14.7. The molecule has 53 heavy (non-hydrogen) atoms. The number of piperidine rings is 2. The van der Waals surface area contributed by atoms with Crippen LogP contribution in [0.2, 0.25) is 0 Å². The number of carbonyl (C=O) groups excluding carboxylic acids is 3. The number of piperazine rings is 1. The number of carbonyl (C=O) groups is 3. The average Bonchev–Trinajstić information content (AvgIpc) is 3.19. The summed E-state index contributed by atoms with van der Waals surface area (Å²) in [5.41, 5.74) is 6.13. The molecule has 8 rings (SSSR count). The van der Waals surface area contributed by atoms with Gasteiger partial charge in [-0.1, -0.05) is 48.5 Å². The highest BCUT2D eigenvalue weighted by Gasteiger charge is 2.34. The molecule has 0 spiro atoms. The monoisotopic (exact) mass is 714 g/mol. The van der Waals surface area contributed by atoms with Crippen LogP contribution in [0.25, 0.3) is 0 Å². The number of ether oxygens (including phenoxy) is 1. The van der Waals surface area contributed by atoms with Crippen LogP contribution in [0.1, 0.15) is 64.7 Å². The van der Waals surface area contributed by atoms with E-state index in [2.05, 4.69) is 78.8 Å². The number of nitrogens with zero attached hydrogens (tertiary/aromatic N) is 4. The van der Waals surface area contributed by atoms with E-state index >= 15 is 0 Å². The lowest BCUT2D eigenvalue weighted by Gasteiger charge is -2.40. The molecule has 0 radical (unpaired) electrons. The molecular weight excluding hydrogens is 668 g/mol. The molecule has 3 atom stereocenters. The molecule has 11 nitrogen and oxygen atoms in total. The summed E-state index contributed by atoms with van der Waals surface area (Å²) in [5, 5.41) is 15.1. The molecule has 0 aliphatic carbocycles. The van der Waals surface area contributed by atoms with Gasteiger partial charge < -0.3 is 25.0 Å². The van der Waals surface area contributed by atoms with E-state index in [1.165, 1.54) is 29.7 Å². The van der Waals surface area contributed by atoms with E-state index in [-0.39, 0.29) is 35.6 Å². The first-order valence-corrected chi connectivity index (χ1v) is 18.8. The quantitative estimate of drug-likeness (QED) is 0.223. The van der Waals surface area contributed by atoms with E-state index in [0.29, 0.717) is 18.9 Å². The third-order valence-electron chi connectivity index (χ3n) is 11.4. The van der Waals surface area contributed by atoms with Crippen molar-refractivity contribution in [3.63, 3.8) is 0 Å². The standard InChI is InChI=1S/C42H46N6O5/c49-33-11-12-34-38(24-33)53-27-35(29-4-2-1-3-5-29)40(34)30-6-8-31(9-7-30)47-18-16-28(17-19-47)26-46-20-22-48(23-21-46)32-10-13-36(43-25-32)41(51)44-37-14-15-39(50)45-42(37)52/h1-13,24-25,28,35,37,40,49H,14-23,26-27H2,(H,44,51)(H,45,50,52)/t35-,37?,40-/m1/s1. The van der Waals surface area contributed by atoms with Crippen molar-refractivity contribution in [1.29, 1.82) is 0 Å². The first-order chi connectivity index (χ1) is 25.9. The van der Waals surface area contributed by atoms with E-state index in [9.17, 15) is 19.5 Å². The Balaban J connectivity index is 0.818. The van der Waals surface area contributed by atoms with Crippen LogP contribution in [0.3, 0.4) is 0 Å². The molecular formula is C42H46N6O5. The number of imide groups is 1. The zero-order valence-corrected chi connectivity index (χ0v) is 29.8. The molecule has 11 heteroatoms. The Bertz CT molecular complexity index is 1920. The van der Waals surface area contributed by atoms with Crippen LogP contribution < -0.4 is 25.2 Å². The molecule has 3 N–H and O–H groups in total. The molecule has 3 aromatic carbocycles. The Kier molecular flexibility index (Phi) is 9.99. The average molecular weight is 715 g/mol. The van der Waals surface area contributed by atoms with Crippen molar-refractivity contribution in [2.75, 3.05) is 62.2 Å². The Hall–Kier alpha value is -5.42. The van der Waals surface area contributed by atoms with E-state index in [1.54, 1.807) is 24.4 Å². The zero-order valence-electron chi connectivity index (χ0n) is 29.8. The van der Waals surface area contributed by atoms with Crippen molar-refractivity contribution >= 4 is 29.1 Å². The highest BCUT2D eigenvalue weighted by atomic mass is 16.5. The summed E-state index contributed by atoms with van der Waals surface area (Å²) >= 11 is 0. The summed E-state index contributed by atoms with van der Waals surface area (Å²) in [7, 11) is 0. The van der Waals surface area contributed by atoms with Crippen molar-refractivity contribution in [1.82, 2.24) is 20.5 Å². The Morgan fingerprint density at radius 1 is 0.830 bits per heavy atom. The van der Waals surface area contributed by atoms with E-state index in [0.717, 1.165) is 62.8 Å². The lowest BCUT2D eigenvalue weighted by molar-refractivity contribution is -0.134. The Morgan fingerprint density at radius 3 is 2.28 bits per heavy atom. The number of phenolic OH excluding ortho intramolecular Hbond substituents is 1. The van der Waals surface area contributed by atoms with Gasteiger partial charge in [0.25, 0.3) is 5.91 Å². The second-order valence-corrected chi connectivity index (χ2v) is 14.7. The summed E-state index contributed by atoms with van der Waals surface area (Å²) in [5.74, 6) is 0.766. The van der Waals surface area contributed by atoms with Crippen LogP contribution in [0.5, 0.6) is 11.5 Å². The summed E-state index contributed by atoms with van der Waals surface area (Å²) in [6.45, 7) is 7.54. The van der Waals surface area contributed by atoms with Gasteiger partial charge in [0.1, 0.15) is 23.2 Å². The molecule has 4 aromatic rings. The highest BCUT2D eigenvalue weighted by Crippen LogP contribution is 2.47. The smallest absolute Gasteiger partial charge is 0.270 e. The number of phenols is 1. The topological polar surface area (TPSA) is 127 Å². The van der Waals surface area contributed by atoms with E-state index in [4.69, 9.17) is 4.74 Å². The molecule has 4 aliphatic heterocycles. The number of aromatic hydroxyl groups is 1. The van der Waals surface area contributed by atoms with Gasteiger partial charge in [-0.2, -0.15) is 0 Å². The van der Waals surface area contributed by atoms with Gasteiger partial charge in [-0.3, -0.25) is 24.6 Å². The molecule has 3 fully saturated rings. The fraction of sp³-hybridized carbons (Fsp3) is 0.381. The Morgan fingerprint density at radius 2 is 1.57 bits per heavy atom. The molecule has 0 saturated carbocycles. The zero-order chi connectivity index (χ0) is 36.3. The van der Waals surface area contributed by atoms with Gasteiger partial charge in [-0.05, 0) is 66.6 Å². The van der Waals surface area contributed by atoms with Crippen molar-refractivity contribution in [3.8, 4) is 11.5 Å². The third-order valence-corrected chi connectivity index (χ3v) is 11.4. The van der Waals surface area contributed by atoms with Crippen molar-refractivity contribution in [2.45, 2.75) is 43.6 Å².